The van der Waals surface area contributed by atoms with Crippen LogP contribution in [0.25, 0.3) is 0 Å². The van der Waals surface area contributed by atoms with Gasteiger partial charge in [0.15, 0.2) is 0 Å². The number of fused-ring (bicyclic) bond motifs is 2. The molecule has 2 aliphatic rings. The number of nitrogens with zero attached hydrogens (tertiary/aromatic N) is 1. The zero-order chi connectivity index (χ0) is 13.6. The van der Waals surface area contributed by atoms with Gasteiger partial charge in [0.1, 0.15) is 4.21 Å². The predicted octanol–water partition coefficient (Wildman–Crippen LogP) is 2.84. The van der Waals surface area contributed by atoms with E-state index >= 15 is 0 Å². The largest absolute Gasteiger partial charge is 0.381 e. The zero-order valence-corrected chi connectivity index (χ0v) is 13.8. The van der Waals surface area contributed by atoms with Gasteiger partial charge in [0.05, 0.1) is 9.89 Å². The lowest BCUT2D eigenvalue weighted by Gasteiger charge is -2.36. The molecular formula is C12H16BrNO3S2. The van der Waals surface area contributed by atoms with Crippen LogP contribution in [-0.2, 0) is 14.8 Å². The fraction of sp³-hybridized carbons (Fsp3) is 0.667. The van der Waals surface area contributed by atoms with Crippen LogP contribution in [0, 0.1) is 0 Å². The summed E-state index contributed by atoms with van der Waals surface area (Å²) in [6, 6.07) is 3.69. The van der Waals surface area contributed by atoms with Gasteiger partial charge in [0.2, 0.25) is 0 Å². The summed E-state index contributed by atoms with van der Waals surface area (Å²) >= 11 is 4.61. The van der Waals surface area contributed by atoms with Crippen LogP contribution in [0.1, 0.15) is 25.7 Å². The third-order valence-electron chi connectivity index (χ3n) is 4.04. The normalized spacial score (nSPS) is 31.8. The Morgan fingerprint density at radius 3 is 2.42 bits per heavy atom. The van der Waals surface area contributed by atoms with Crippen LogP contribution >= 0.6 is 27.3 Å². The number of methoxy groups -OCH3 is 1. The van der Waals surface area contributed by atoms with Gasteiger partial charge in [0, 0.05) is 19.2 Å². The molecule has 0 N–H and O–H groups in total. The monoisotopic (exact) mass is 365 g/mol. The van der Waals surface area contributed by atoms with Gasteiger partial charge >= 0.3 is 0 Å². The molecule has 0 radical (unpaired) electrons. The number of hydrogen-bond donors (Lipinski definition) is 0. The van der Waals surface area contributed by atoms with Crippen LogP contribution in [0.2, 0.25) is 0 Å². The molecule has 2 unspecified atom stereocenters. The van der Waals surface area contributed by atoms with E-state index in [-0.39, 0.29) is 18.2 Å². The molecule has 0 aromatic carbocycles. The van der Waals surface area contributed by atoms with E-state index in [1.807, 2.05) is 0 Å². The smallest absolute Gasteiger partial charge is 0.253 e. The van der Waals surface area contributed by atoms with E-state index in [1.165, 1.54) is 11.3 Å². The van der Waals surface area contributed by atoms with Gasteiger partial charge in [-0.1, -0.05) is 0 Å². The third-order valence-corrected chi connectivity index (χ3v) is 8.13. The van der Waals surface area contributed by atoms with Gasteiger partial charge in [-0.3, -0.25) is 0 Å². The Bertz CT molecular complexity index is 557. The minimum absolute atomic E-state index is 0.106. The second-order valence-electron chi connectivity index (χ2n) is 5.11. The average molecular weight is 366 g/mol. The topological polar surface area (TPSA) is 46.6 Å². The van der Waals surface area contributed by atoms with Crippen LogP contribution in [0.4, 0.5) is 0 Å². The number of rotatable bonds is 3. The maximum Gasteiger partial charge on any atom is 0.253 e. The summed E-state index contributed by atoms with van der Waals surface area (Å²) in [5.74, 6) is 0. The molecular weight excluding hydrogens is 350 g/mol. The van der Waals surface area contributed by atoms with E-state index in [1.54, 1.807) is 23.5 Å². The Morgan fingerprint density at radius 2 is 1.95 bits per heavy atom. The first-order valence-corrected chi connectivity index (χ1v) is 9.39. The fourth-order valence-corrected chi connectivity index (χ4v) is 7.21. The van der Waals surface area contributed by atoms with Crippen LogP contribution in [0.5, 0.6) is 0 Å². The van der Waals surface area contributed by atoms with E-state index in [0.29, 0.717) is 4.21 Å². The Labute approximate surface area is 125 Å². The molecule has 2 bridgehead atoms. The van der Waals surface area contributed by atoms with Gasteiger partial charge < -0.3 is 4.74 Å². The third kappa shape index (κ3) is 2.40. The molecule has 0 saturated carbocycles. The highest BCUT2D eigenvalue weighted by Gasteiger charge is 2.47. The van der Waals surface area contributed by atoms with Crippen molar-refractivity contribution in [3.05, 3.63) is 15.9 Å². The Kier molecular flexibility index (Phi) is 3.77. The van der Waals surface area contributed by atoms with E-state index in [4.69, 9.17) is 4.74 Å². The summed E-state index contributed by atoms with van der Waals surface area (Å²) < 4.78 is 33.9. The molecule has 3 rings (SSSR count). The molecule has 2 aliphatic heterocycles. The highest BCUT2D eigenvalue weighted by molar-refractivity contribution is 9.11. The summed E-state index contributed by atoms with van der Waals surface area (Å²) in [5, 5.41) is 0. The minimum atomic E-state index is -3.34. The van der Waals surface area contributed by atoms with Crippen molar-refractivity contribution >= 4 is 37.3 Å². The summed E-state index contributed by atoms with van der Waals surface area (Å²) in [7, 11) is -1.63. The quantitative estimate of drug-likeness (QED) is 0.827. The standard InChI is InChI=1S/C12H16BrNO3S2/c1-17-10-6-8-2-3-9(7-10)14(8)19(15,16)12-5-4-11(13)18-12/h4-5,8-10H,2-3,6-7H2,1H3. The lowest BCUT2D eigenvalue weighted by molar-refractivity contribution is 0.0350. The maximum atomic E-state index is 12.7. The molecule has 4 nitrogen and oxygen atoms in total. The Hall–Kier alpha value is 0.0500. The molecule has 1 aromatic heterocycles. The molecule has 1 aromatic rings. The number of ether oxygens (including phenoxy) is 1. The number of piperidine rings is 1. The molecule has 7 heteroatoms. The van der Waals surface area contributed by atoms with Crippen molar-refractivity contribution in [2.75, 3.05) is 7.11 Å². The second-order valence-corrected chi connectivity index (χ2v) is 9.64. The molecule has 2 saturated heterocycles. The Balaban J connectivity index is 1.91. The number of sulfonamides is 1. The fourth-order valence-electron chi connectivity index (χ4n) is 3.21. The first kappa shape index (κ1) is 14.0. The summed E-state index contributed by atoms with van der Waals surface area (Å²) in [4.78, 5) is 0. The number of halogens is 1. The first-order valence-electron chi connectivity index (χ1n) is 6.34. The minimum Gasteiger partial charge on any atom is -0.381 e. The van der Waals surface area contributed by atoms with Crippen LogP contribution in [-0.4, -0.2) is 38.0 Å². The first-order chi connectivity index (χ1) is 9.02. The van der Waals surface area contributed by atoms with E-state index < -0.39 is 10.0 Å². The average Bonchev–Trinajstić information content (AvgIpc) is 2.92. The molecule has 0 amide bonds. The van der Waals surface area contributed by atoms with Crippen molar-refractivity contribution in [3.63, 3.8) is 0 Å². The van der Waals surface area contributed by atoms with Crippen LogP contribution < -0.4 is 0 Å². The molecule has 106 valence electrons. The van der Waals surface area contributed by atoms with E-state index in [9.17, 15) is 8.42 Å². The van der Waals surface area contributed by atoms with Gasteiger partial charge in [0.25, 0.3) is 10.0 Å². The summed E-state index contributed by atoms with van der Waals surface area (Å²) in [6.45, 7) is 0. The van der Waals surface area contributed by atoms with Crippen molar-refractivity contribution in [1.29, 1.82) is 0 Å². The summed E-state index contributed by atoms with van der Waals surface area (Å²) in [6.07, 6.45) is 3.75. The molecule has 2 atom stereocenters. The van der Waals surface area contributed by atoms with Crippen molar-refractivity contribution in [1.82, 2.24) is 4.31 Å². The summed E-state index contributed by atoms with van der Waals surface area (Å²) in [5.41, 5.74) is 0. The molecule has 0 aliphatic carbocycles. The number of hydrogen-bond acceptors (Lipinski definition) is 4. The predicted molar refractivity (Wildman–Crippen MR) is 77.9 cm³/mol. The van der Waals surface area contributed by atoms with Gasteiger partial charge in [-0.05, 0) is 53.7 Å². The second kappa shape index (κ2) is 5.11. The SMILES string of the molecule is COC1CC2CCC(C1)N2S(=O)(=O)c1ccc(Br)s1. The maximum absolute atomic E-state index is 12.7. The van der Waals surface area contributed by atoms with Crippen molar-refractivity contribution in [3.8, 4) is 0 Å². The van der Waals surface area contributed by atoms with Crippen LogP contribution in [0.15, 0.2) is 20.1 Å². The van der Waals surface area contributed by atoms with Crippen molar-refractivity contribution < 1.29 is 13.2 Å². The van der Waals surface area contributed by atoms with Crippen molar-refractivity contribution in [2.45, 2.75) is 48.1 Å². The Morgan fingerprint density at radius 1 is 1.32 bits per heavy atom. The molecule has 2 fully saturated rings. The molecule has 0 spiro atoms. The van der Waals surface area contributed by atoms with Gasteiger partial charge in [-0.2, -0.15) is 4.31 Å². The van der Waals surface area contributed by atoms with E-state index in [0.717, 1.165) is 29.5 Å². The lowest BCUT2D eigenvalue weighted by atomic mass is 10.0. The zero-order valence-electron chi connectivity index (χ0n) is 10.6. The molecule has 19 heavy (non-hydrogen) atoms. The van der Waals surface area contributed by atoms with Gasteiger partial charge in [-0.25, -0.2) is 8.42 Å². The molecule has 3 heterocycles. The lowest BCUT2D eigenvalue weighted by Crippen LogP contribution is -2.48. The van der Waals surface area contributed by atoms with Gasteiger partial charge in [-0.15, -0.1) is 11.3 Å². The number of thiophene rings is 1. The van der Waals surface area contributed by atoms with Crippen molar-refractivity contribution in [2.24, 2.45) is 0 Å². The van der Waals surface area contributed by atoms with E-state index in [2.05, 4.69) is 15.9 Å². The highest BCUT2D eigenvalue weighted by Crippen LogP contribution is 2.41. The van der Waals surface area contributed by atoms with Crippen LogP contribution in [0.3, 0.4) is 0 Å². The highest BCUT2D eigenvalue weighted by atomic mass is 79.9.